The molecule has 0 spiro atoms. The zero-order valence-electron chi connectivity index (χ0n) is 8.06. The van der Waals surface area contributed by atoms with Crippen molar-refractivity contribution in [3.63, 3.8) is 0 Å². The molecule has 0 aliphatic heterocycles. The highest BCUT2D eigenvalue weighted by Crippen LogP contribution is 2.09. The van der Waals surface area contributed by atoms with Gasteiger partial charge in [-0.1, -0.05) is 6.07 Å². The first-order valence-corrected chi connectivity index (χ1v) is 4.21. The average molecular weight is 182 g/mol. The van der Waals surface area contributed by atoms with Gasteiger partial charge >= 0.3 is 5.82 Å². The number of hydrogen-bond donors (Lipinski definition) is 1. The van der Waals surface area contributed by atoms with E-state index in [1.807, 2.05) is 13.8 Å². The number of rotatable bonds is 2. The van der Waals surface area contributed by atoms with Crippen LogP contribution >= 0.6 is 0 Å². The van der Waals surface area contributed by atoms with Gasteiger partial charge in [0, 0.05) is 6.07 Å². The van der Waals surface area contributed by atoms with E-state index in [0.29, 0.717) is 10.4 Å². The van der Waals surface area contributed by atoms with Gasteiger partial charge in [0.1, 0.15) is 11.7 Å². The zero-order chi connectivity index (χ0) is 10.0. The molecule has 0 amide bonds. The Labute approximate surface area is 77.6 Å². The van der Waals surface area contributed by atoms with E-state index < -0.39 is 0 Å². The van der Waals surface area contributed by atoms with E-state index in [2.05, 4.69) is 0 Å². The fraction of sp³-hybridized carbons (Fsp3) is 0.444. The molecule has 0 fully saturated rings. The lowest BCUT2D eigenvalue weighted by Crippen LogP contribution is -2.41. The number of anilines is 1. The van der Waals surface area contributed by atoms with Gasteiger partial charge in [0.05, 0.1) is 0 Å². The molecule has 0 aliphatic rings. The molecular formula is C9H14N2O2. The maximum Gasteiger partial charge on any atom is 0.310 e. The van der Waals surface area contributed by atoms with Gasteiger partial charge < -0.3 is 5.21 Å². The number of aromatic nitrogens is 1. The Morgan fingerprint density at radius 1 is 1.46 bits per heavy atom. The summed E-state index contributed by atoms with van der Waals surface area (Å²) in [6.07, 6.45) is 0. The Hall–Kier alpha value is -1.29. The Bertz CT molecular complexity index is 300. The van der Waals surface area contributed by atoms with Gasteiger partial charge in [0.2, 0.25) is 0 Å². The van der Waals surface area contributed by atoms with Gasteiger partial charge in [0.15, 0.2) is 0 Å². The van der Waals surface area contributed by atoms with Crippen molar-refractivity contribution < 1.29 is 9.94 Å². The Balaban J connectivity index is 3.07. The highest BCUT2D eigenvalue weighted by atomic mass is 16.5. The van der Waals surface area contributed by atoms with E-state index in [1.54, 1.807) is 25.1 Å². The van der Waals surface area contributed by atoms with Crippen LogP contribution in [0, 0.1) is 12.1 Å². The van der Waals surface area contributed by atoms with Crippen molar-refractivity contribution in [2.24, 2.45) is 0 Å². The molecular weight excluding hydrogens is 168 g/mol. The van der Waals surface area contributed by atoms with Crippen LogP contribution in [0.3, 0.4) is 0 Å². The van der Waals surface area contributed by atoms with E-state index in [-0.39, 0.29) is 11.9 Å². The van der Waals surface area contributed by atoms with Gasteiger partial charge in [-0.05, 0) is 26.8 Å². The lowest BCUT2D eigenvalue weighted by Gasteiger charge is -2.18. The molecule has 1 rings (SSSR count). The molecule has 0 saturated heterocycles. The minimum Gasteiger partial charge on any atom is -0.710 e. The lowest BCUT2D eigenvalue weighted by atomic mass is 10.3. The summed E-state index contributed by atoms with van der Waals surface area (Å²) in [5, 5.41) is 21.9. The van der Waals surface area contributed by atoms with Crippen molar-refractivity contribution in [1.29, 1.82) is 0 Å². The van der Waals surface area contributed by atoms with Gasteiger partial charge in [-0.3, -0.25) is 0 Å². The fourth-order valence-electron chi connectivity index (χ4n) is 1.02. The van der Waals surface area contributed by atoms with Gasteiger partial charge in [0.25, 0.3) is 0 Å². The molecule has 0 atom stereocenters. The molecule has 0 bridgehead atoms. The monoisotopic (exact) mass is 182 g/mol. The third kappa shape index (κ3) is 1.89. The number of aryl methyl sites for hydroxylation is 1. The first-order valence-electron chi connectivity index (χ1n) is 4.21. The highest BCUT2D eigenvalue weighted by molar-refractivity contribution is 5.30. The average Bonchev–Trinajstić information content (AvgIpc) is 2.08. The van der Waals surface area contributed by atoms with Crippen molar-refractivity contribution >= 4 is 5.82 Å². The van der Waals surface area contributed by atoms with Crippen LogP contribution in [0.2, 0.25) is 0 Å². The molecule has 4 heteroatoms. The van der Waals surface area contributed by atoms with Crippen LogP contribution in [0.25, 0.3) is 0 Å². The second-order valence-electron chi connectivity index (χ2n) is 3.26. The Morgan fingerprint density at radius 3 is 2.62 bits per heavy atom. The van der Waals surface area contributed by atoms with Crippen molar-refractivity contribution in [2.45, 2.75) is 26.8 Å². The van der Waals surface area contributed by atoms with E-state index in [9.17, 15) is 10.4 Å². The van der Waals surface area contributed by atoms with Gasteiger partial charge in [-0.2, -0.15) is 0 Å². The molecule has 13 heavy (non-hydrogen) atoms. The minimum absolute atomic E-state index is 0.109. The second-order valence-corrected chi connectivity index (χ2v) is 3.26. The van der Waals surface area contributed by atoms with E-state index in [0.717, 1.165) is 5.06 Å². The number of hydrogen-bond acceptors (Lipinski definition) is 3. The van der Waals surface area contributed by atoms with Crippen molar-refractivity contribution in [3.8, 4) is 0 Å². The molecule has 0 unspecified atom stereocenters. The largest absolute Gasteiger partial charge is 0.710 e. The van der Waals surface area contributed by atoms with E-state index in [4.69, 9.17) is 0 Å². The van der Waals surface area contributed by atoms with Crippen molar-refractivity contribution in [2.75, 3.05) is 5.06 Å². The maximum atomic E-state index is 11.4. The predicted molar refractivity (Wildman–Crippen MR) is 49.5 cm³/mol. The summed E-state index contributed by atoms with van der Waals surface area (Å²) in [7, 11) is 0. The third-order valence-electron chi connectivity index (χ3n) is 1.84. The van der Waals surface area contributed by atoms with Crippen molar-refractivity contribution in [3.05, 3.63) is 29.1 Å². The minimum atomic E-state index is -0.109. The molecule has 72 valence electrons. The highest BCUT2D eigenvalue weighted by Gasteiger charge is 2.18. The SMILES string of the molecule is Cc1cccc(N(O)C(C)C)[n+]1[O-]. The fourth-order valence-corrected chi connectivity index (χ4v) is 1.02. The molecule has 4 nitrogen and oxygen atoms in total. The molecule has 0 radical (unpaired) electrons. The van der Waals surface area contributed by atoms with Crippen LogP contribution in [-0.4, -0.2) is 11.2 Å². The second kappa shape index (κ2) is 3.62. The van der Waals surface area contributed by atoms with E-state index in [1.165, 1.54) is 0 Å². The third-order valence-corrected chi connectivity index (χ3v) is 1.84. The molecule has 1 aromatic heterocycles. The molecule has 1 heterocycles. The topological polar surface area (TPSA) is 50.4 Å². The predicted octanol–water partition coefficient (Wildman–Crippen LogP) is 1.23. The zero-order valence-corrected chi connectivity index (χ0v) is 8.06. The molecule has 1 aromatic rings. The summed E-state index contributed by atoms with van der Waals surface area (Å²) in [6.45, 7) is 5.31. The van der Waals surface area contributed by atoms with Crippen LogP contribution < -0.4 is 9.79 Å². The number of nitrogens with zero attached hydrogens (tertiary/aromatic N) is 2. The Kier molecular flexibility index (Phi) is 2.72. The summed E-state index contributed by atoms with van der Waals surface area (Å²) in [4.78, 5) is 0. The smallest absolute Gasteiger partial charge is 0.310 e. The molecule has 0 aromatic carbocycles. The van der Waals surface area contributed by atoms with Crippen LogP contribution in [0.15, 0.2) is 18.2 Å². The molecule has 0 aliphatic carbocycles. The van der Waals surface area contributed by atoms with Crippen LogP contribution in [0.5, 0.6) is 0 Å². The first-order chi connectivity index (χ1) is 6.04. The molecule has 1 N–H and O–H groups in total. The van der Waals surface area contributed by atoms with Crippen LogP contribution in [0.1, 0.15) is 19.5 Å². The van der Waals surface area contributed by atoms with E-state index >= 15 is 0 Å². The number of hydroxylamine groups is 1. The summed E-state index contributed by atoms with van der Waals surface area (Å²) in [5.41, 5.74) is 0.567. The first kappa shape index (κ1) is 9.80. The van der Waals surface area contributed by atoms with Crippen molar-refractivity contribution in [1.82, 2.24) is 0 Å². The summed E-state index contributed by atoms with van der Waals surface area (Å²) >= 11 is 0. The lowest BCUT2D eigenvalue weighted by molar-refractivity contribution is -0.601. The standard InChI is InChI=1S/C9H14N2O2/c1-7(2)10(12)9-6-4-5-8(3)11(9)13/h4-7,12H,1-3H3. The number of pyridine rings is 1. The maximum absolute atomic E-state index is 11.4. The van der Waals surface area contributed by atoms with Crippen LogP contribution in [0.4, 0.5) is 5.82 Å². The van der Waals surface area contributed by atoms with Crippen LogP contribution in [-0.2, 0) is 0 Å². The summed E-state index contributed by atoms with van der Waals surface area (Å²) in [6, 6.07) is 4.91. The normalized spacial score (nSPS) is 10.5. The van der Waals surface area contributed by atoms with Gasteiger partial charge in [-0.25, -0.2) is 9.94 Å². The summed E-state index contributed by atoms with van der Waals surface area (Å²) < 4.78 is 0.708. The quantitative estimate of drug-likeness (QED) is 0.425. The Morgan fingerprint density at radius 2 is 2.08 bits per heavy atom. The van der Waals surface area contributed by atoms with Gasteiger partial charge in [-0.15, -0.1) is 5.06 Å². The summed E-state index contributed by atoms with van der Waals surface area (Å²) in [5.74, 6) is 0.259. The molecule has 0 saturated carbocycles.